The van der Waals surface area contributed by atoms with Gasteiger partial charge in [-0.05, 0) is 18.2 Å². The zero-order valence-corrected chi connectivity index (χ0v) is 13.0. The van der Waals surface area contributed by atoms with Crippen molar-refractivity contribution in [2.75, 3.05) is 5.73 Å². The molecule has 0 saturated heterocycles. The van der Waals surface area contributed by atoms with Crippen LogP contribution in [-0.4, -0.2) is 10.2 Å². The number of H-pyrrole nitrogens is 1. The summed E-state index contributed by atoms with van der Waals surface area (Å²) in [6.45, 7) is 0. The standard InChI is InChI=1S/C15H10BrClFN3/c16-10-6-2-1-4-8(10)12-14(20-21-15(12)19)9-5-3-7-11(17)13(9)18/h1-7H,(H3,19,20,21). The first-order valence-corrected chi connectivity index (χ1v) is 7.30. The molecule has 0 aliphatic heterocycles. The summed E-state index contributed by atoms with van der Waals surface area (Å²) in [7, 11) is 0. The second kappa shape index (κ2) is 5.50. The van der Waals surface area contributed by atoms with Crippen molar-refractivity contribution in [1.29, 1.82) is 0 Å². The smallest absolute Gasteiger partial charge is 0.153 e. The molecule has 0 aliphatic carbocycles. The lowest BCUT2D eigenvalue weighted by molar-refractivity contribution is 0.631. The molecule has 21 heavy (non-hydrogen) atoms. The van der Waals surface area contributed by atoms with Crippen LogP contribution >= 0.6 is 27.5 Å². The van der Waals surface area contributed by atoms with E-state index >= 15 is 0 Å². The number of benzene rings is 2. The van der Waals surface area contributed by atoms with Crippen LogP contribution in [0.15, 0.2) is 46.9 Å². The highest BCUT2D eigenvalue weighted by molar-refractivity contribution is 9.10. The van der Waals surface area contributed by atoms with Gasteiger partial charge in [0.15, 0.2) is 11.6 Å². The second-order valence-corrected chi connectivity index (χ2v) is 5.70. The average molecular weight is 367 g/mol. The summed E-state index contributed by atoms with van der Waals surface area (Å²) in [6.07, 6.45) is 0. The third-order valence-electron chi connectivity index (χ3n) is 3.16. The highest BCUT2D eigenvalue weighted by Gasteiger charge is 2.20. The summed E-state index contributed by atoms with van der Waals surface area (Å²) in [4.78, 5) is 0. The number of aromatic nitrogens is 2. The molecule has 3 N–H and O–H groups in total. The molecule has 0 saturated carbocycles. The molecule has 2 aromatic carbocycles. The molecule has 0 aliphatic rings. The number of anilines is 1. The lowest BCUT2D eigenvalue weighted by Crippen LogP contribution is -1.91. The maximum absolute atomic E-state index is 14.3. The van der Waals surface area contributed by atoms with Gasteiger partial charge < -0.3 is 5.73 Å². The van der Waals surface area contributed by atoms with Crippen molar-refractivity contribution in [3.05, 3.63) is 57.8 Å². The van der Waals surface area contributed by atoms with Crippen molar-refractivity contribution >= 4 is 33.3 Å². The molecule has 1 heterocycles. The zero-order valence-electron chi connectivity index (χ0n) is 10.7. The minimum atomic E-state index is -0.504. The largest absolute Gasteiger partial charge is 0.382 e. The molecule has 3 rings (SSSR count). The van der Waals surface area contributed by atoms with Gasteiger partial charge in [-0.3, -0.25) is 5.10 Å². The van der Waals surface area contributed by atoms with Crippen molar-refractivity contribution in [3.63, 3.8) is 0 Å². The van der Waals surface area contributed by atoms with Gasteiger partial charge in [0.25, 0.3) is 0 Å². The molecule has 0 bridgehead atoms. The number of halogens is 3. The van der Waals surface area contributed by atoms with Crippen LogP contribution in [0.4, 0.5) is 10.2 Å². The van der Waals surface area contributed by atoms with Crippen LogP contribution in [0.3, 0.4) is 0 Å². The van der Waals surface area contributed by atoms with Gasteiger partial charge in [0.05, 0.1) is 16.3 Å². The molecule has 6 heteroatoms. The van der Waals surface area contributed by atoms with E-state index in [1.807, 2.05) is 24.3 Å². The number of nitrogens with zero attached hydrogens (tertiary/aromatic N) is 1. The Kier molecular flexibility index (Phi) is 3.69. The van der Waals surface area contributed by atoms with E-state index in [0.29, 0.717) is 22.6 Å². The van der Waals surface area contributed by atoms with Crippen LogP contribution in [-0.2, 0) is 0 Å². The minimum Gasteiger partial charge on any atom is -0.382 e. The third-order valence-corrected chi connectivity index (χ3v) is 4.14. The first kappa shape index (κ1) is 14.1. The number of nitrogen functional groups attached to an aromatic ring is 1. The Morgan fingerprint density at radius 1 is 1.10 bits per heavy atom. The number of aromatic amines is 1. The van der Waals surface area contributed by atoms with Crippen molar-refractivity contribution in [1.82, 2.24) is 10.2 Å². The van der Waals surface area contributed by atoms with E-state index in [4.69, 9.17) is 17.3 Å². The van der Waals surface area contributed by atoms with Gasteiger partial charge in [-0.1, -0.05) is 51.8 Å². The van der Waals surface area contributed by atoms with Crippen LogP contribution in [0.2, 0.25) is 5.02 Å². The molecule has 3 aromatic rings. The van der Waals surface area contributed by atoms with Crippen LogP contribution in [0.5, 0.6) is 0 Å². The molecule has 0 spiro atoms. The second-order valence-electron chi connectivity index (χ2n) is 4.44. The zero-order chi connectivity index (χ0) is 15.0. The van der Waals surface area contributed by atoms with E-state index < -0.39 is 5.82 Å². The quantitative estimate of drug-likeness (QED) is 0.679. The Balaban J connectivity index is 2.28. The van der Waals surface area contributed by atoms with Crippen LogP contribution in [0, 0.1) is 5.82 Å². The van der Waals surface area contributed by atoms with E-state index in [1.54, 1.807) is 12.1 Å². The van der Waals surface area contributed by atoms with Crippen LogP contribution in [0.1, 0.15) is 0 Å². The first-order chi connectivity index (χ1) is 10.1. The topological polar surface area (TPSA) is 54.7 Å². The SMILES string of the molecule is Nc1n[nH]c(-c2cccc(Cl)c2F)c1-c1ccccc1Br. The van der Waals surface area contributed by atoms with Gasteiger partial charge in [0.1, 0.15) is 0 Å². The fourth-order valence-corrected chi connectivity index (χ4v) is 2.84. The molecule has 3 nitrogen and oxygen atoms in total. The molecule has 1 aromatic heterocycles. The maximum atomic E-state index is 14.3. The number of nitrogens with one attached hydrogen (secondary N) is 1. The first-order valence-electron chi connectivity index (χ1n) is 6.12. The van der Waals surface area contributed by atoms with Gasteiger partial charge in [-0.15, -0.1) is 0 Å². The van der Waals surface area contributed by atoms with Crippen molar-refractivity contribution in [3.8, 4) is 22.4 Å². The van der Waals surface area contributed by atoms with Crippen LogP contribution < -0.4 is 5.73 Å². The number of hydrogen-bond acceptors (Lipinski definition) is 2. The Hall–Kier alpha value is -1.85. The molecular weight excluding hydrogens is 357 g/mol. The maximum Gasteiger partial charge on any atom is 0.153 e. The van der Waals surface area contributed by atoms with Gasteiger partial charge >= 0.3 is 0 Å². The third kappa shape index (κ3) is 2.43. The molecular formula is C15H10BrClFN3. The molecule has 0 unspecified atom stereocenters. The Labute approximate surface area is 134 Å². The summed E-state index contributed by atoms with van der Waals surface area (Å²) in [6, 6.07) is 12.4. The lowest BCUT2D eigenvalue weighted by atomic mass is 10.0. The number of hydrogen-bond donors (Lipinski definition) is 2. The van der Waals surface area contributed by atoms with E-state index in [1.165, 1.54) is 6.07 Å². The van der Waals surface area contributed by atoms with E-state index in [2.05, 4.69) is 26.1 Å². The molecule has 0 amide bonds. The minimum absolute atomic E-state index is 0.0544. The Morgan fingerprint density at radius 3 is 2.57 bits per heavy atom. The van der Waals surface area contributed by atoms with E-state index in [0.717, 1.165) is 10.0 Å². The predicted molar refractivity (Wildman–Crippen MR) is 86.5 cm³/mol. The molecule has 0 atom stereocenters. The summed E-state index contributed by atoms with van der Waals surface area (Å²) in [5, 5.41) is 6.85. The fourth-order valence-electron chi connectivity index (χ4n) is 2.18. The van der Waals surface area contributed by atoms with Gasteiger partial charge in [-0.2, -0.15) is 5.10 Å². The fraction of sp³-hybridized carbons (Fsp3) is 0. The van der Waals surface area contributed by atoms with E-state index in [9.17, 15) is 4.39 Å². The highest BCUT2D eigenvalue weighted by atomic mass is 79.9. The summed E-state index contributed by atoms with van der Waals surface area (Å²) in [5.74, 6) is -0.201. The normalized spacial score (nSPS) is 10.8. The summed E-state index contributed by atoms with van der Waals surface area (Å²) < 4.78 is 15.1. The highest BCUT2D eigenvalue weighted by Crippen LogP contribution is 2.39. The average Bonchev–Trinajstić information content (AvgIpc) is 2.84. The van der Waals surface area contributed by atoms with Crippen LogP contribution in [0.25, 0.3) is 22.4 Å². The Morgan fingerprint density at radius 2 is 1.81 bits per heavy atom. The van der Waals surface area contributed by atoms with E-state index in [-0.39, 0.29) is 5.02 Å². The molecule has 106 valence electrons. The lowest BCUT2D eigenvalue weighted by Gasteiger charge is -2.08. The van der Waals surface area contributed by atoms with Gasteiger partial charge in [-0.25, -0.2) is 4.39 Å². The number of nitrogens with two attached hydrogens (primary N) is 1. The molecule has 0 fully saturated rings. The predicted octanol–water partition coefficient (Wildman–Crippen LogP) is 4.88. The van der Waals surface area contributed by atoms with Gasteiger partial charge in [0.2, 0.25) is 0 Å². The number of rotatable bonds is 2. The molecule has 0 radical (unpaired) electrons. The van der Waals surface area contributed by atoms with Crippen molar-refractivity contribution in [2.24, 2.45) is 0 Å². The van der Waals surface area contributed by atoms with Crippen molar-refractivity contribution in [2.45, 2.75) is 0 Å². The summed E-state index contributed by atoms with van der Waals surface area (Å²) >= 11 is 9.32. The van der Waals surface area contributed by atoms with Crippen molar-refractivity contribution < 1.29 is 4.39 Å². The Bertz CT molecular complexity index is 816. The summed E-state index contributed by atoms with van der Waals surface area (Å²) in [5.41, 5.74) is 8.25. The monoisotopic (exact) mass is 365 g/mol. The van der Waals surface area contributed by atoms with Gasteiger partial charge in [0, 0.05) is 15.6 Å².